The van der Waals surface area contributed by atoms with Crippen LogP contribution in [0.2, 0.25) is 0 Å². The van der Waals surface area contributed by atoms with Gasteiger partial charge in [0.1, 0.15) is 35.3 Å². The zero-order valence-electron chi connectivity index (χ0n) is 16.5. The molecule has 2 heterocycles. The summed E-state index contributed by atoms with van der Waals surface area (Å²) in [4.78, 5) is 1.89. The van der Waals surface area contributed by atoms with E-state index in [1.807, 2.05) is 4.90 Å². The molecule has 0 aliphatic carbocycles. The first-order chi connectivity index (χ1) is 14.0. The summed E-state index contributed by atoms with van der Waals surface area (Å²) in [5.41, 5.74) is 1.63. The van der Waals surface area contributed by atoms with Crippen LogP contribution in [0.5, 0.6) is 11.5 Å². The Morgan fingerprint density at radius 1 is 0.967 bits per heavy atom. The van der Waals surface area contributed by atoms with E-state index in [9.17, 15) is 19.0 Å². The van der Waals surface area contributed by atoms with Crippen molar-refractivity contribution < 1.29 is 28.5 Å². The molecule has 2 N–H and O–H groups in total. The highest BCUT2D eigenvalue weighted by molar-refractivity contribution is 5.85. The van der Waals surface area contributed by atoms with Crippen LogP contribution in [0.15, 0.2) is 36.4 Å². The number of halogens is 3. The van der Waals surface area contributed by atoms with Crippen molar-refractivity contribution in [3.63, 3.8) is 0 Å². The summed E-state index contributed by atoms with van der Waals surface area (Å²) in [6, 6.07) is 8.86. The van der Waals surface area contributed by atoms with E-state index in [-0.39, 0.29) is 43.4 Å². The van der Waals surface area contributed by atoms with Gasteiger partial charge in [-0.1, -0.05) is 0 Å². The Hall–Kier alpha value is -1.93. The summed E-state index contributed by atoms with van der Waals surface area (Å²) in [5, 5.41) is 20.3. The molecule has 164 valence electrons. The maximum atomic E-state index is 13.4. The van der Waals surface area contributed by atoms with Gasteiger partial charge in [0.2, 0.25) is 0 Å². The minimum absolute atomic E-state index is 0. The number of aryl methyl sites for hydroxylation is 2. The highest BCUT2D eigenvalue weighted by Crippen LogP contribution is 2.31. The zero-order valence-corrected chi connectivity index (χ0v) is 17.3. The normalized spacial score (nSPS) is 21.0. The molecule has 0 bridgehead atoms. The van der Waals surface area contributed by atoms with Gasteiger partial charge in [-0.2, -0.15) is 0 Å². The van der Waals surface area contributed by atoms with Crippen molar-refractivity contribution in [2.24, 2.45) is 0 Å². The second kappa shape index (κ2) is 9.92. The summed E-state index contributed by atoms with van der Waals surface area (Å²) in [7, 11) is 0. The van der Waals surface area contributed by atoms with Gasteiger partial charge in [-0.05, 0) is 66.8 Å². The fourth-order valence-corrected chi connectivity index (χ4v) is 4.09. The van der Waals surface area contributed by atoms with Crippen molar-refractivity contribution in [2.75, 3.05) is 19.7 Å². The molecule has 2 aromatic carbocycles. The lowest BCUT2D eigenvalue weighted by atomic mass is 9.98. The summed E-state index contributed by atoms with van der Waals surface area (Å²) in [6.45, 7) is 0.534. The van der Waals surface area contributed by atoms with Crippen molar-refractivity contribution in [1.29, 1.82) is 0 Å². The number of aliphatic hydroxyl groups is 2. The Morgan fingerprint density at radius 2 is 1.57 bits per heavy atom. The molecule has 30 heavy (non-hydrogen) atoms. The predicted molar refractivity (Wildman–Crippen MR) is 110 cm³/mol. The maximum absolute atomic E-state index is 13.4. The standard InChI is InChI=1S/C22H25F2NO4.ClH/c23-16-3-6-19-14(11-16)1-5-21(28-19)18(27)13-25(9-10-26)22-8-2-15-12-17(24)4-7-20(15)29-22;/h3-4,6-7,11-12,18,21-22,26-27H,1-2,5,8-10,13H2;1H. The van der Waals surface area contributed by atoms with Crippen LogP contribution in [-0.2, 0) is 12.8 Å². The summed E-state index contributed by atoms with van der Waals surface area (Å²) in [6.07, 6.45) is 0.981. The molecular formula is C22H26ClF2NO4. The Morgan fingerprint density at radius 3 is 2.20 bits per heavy atom. The molecule has 0 aromatic heterocycles. The third kappa shape index (κ3) is 5.03. The van der Waals surface area contributed by atoms with Crippen molar-refractivity contribution in [3.8, 4) is 11.5 Å². The van der Waals surface area contributed by atoms with Crippen LogP contribution < -0.4 is 9.47 Å². The van der Waals surface area contributed by atoms with Crippen LogP contribution in [0.3, 0.4) is 0 Å². The van der Waals surface area contributed by atoms with Gasteiger partial charge >= 0.3 is 0 Å². The van der Waals surface area contributed by atoms with Gasteiger partial charge in [0.25, 0.3) is 0 Å². The number of fused-ring (bicyclic) bond motifs is 2. The quantitative estimate of drug-likeness (QED) is 0.721. The van der Waals surface area contributed by atoms with Crippen LogP contribution in [0.25, 0.3) is 0 Å². The van der Waals surface area contributed by atoms with Gasteiger partial charge in [0.05, 0.1) is 6.61 Å². The number of nitrogens with zero attached hydrogens (tertiary/aromatic N) is 1. The van der Waals surface area contributed by atoms with Gasteiger partial charge in [-0.25, -0.2) is 8.78 Å². The van der Waals surface area contributed by atoms with E-state index in [0.29, 0.717) is 43.7 Å². The number of benzene rings is 2. The first-order valence-corrected chi connectivity index (χ1v) is 9.96. The van der Waals surface area contributed by atoms with E-state index in [1.165, 1.54) is 24.3 Å². The molecule has 2 aromatic rings. The van der Waals surface area contributed by atoms with Crippen LogP contribution in [0, 0.1) is 11.6 Å². The van der Waals surface area contributed by atoms with Crippen molar-refractivity contribution in [3.05, 3.63) is 59.2 Å². The van der Waals surface area contributed by atoms with Gasteiger partial charge in [0, 0.05) is 19.5 Å². The first-order valence-electron chi connectivity index (χ1n) is 9.96. The molecule has 2 aliphatic heterocycles. The van der Waals surface area contributed by atoms with Crippen LogP contribution in [0.4, 0.5) is 8.78 Å². The van der Waals surface area contributed by atoms with Crippen molar-refractivity contribution in [2.45, 2.75) is 44.1 Å². The number of hydrogen-bond donors (Lipinski definition) is 2. The second-order valence-electron chi connectivity index (χ2n) is 7.60. The van der Waals surface area contributed by atoms with Gasteiger partial charge in [-0.15, -0.1) is 12.4 Å². The molecule has 3 atom stereocenters. The number of hydrogen-bond acceptors (Lipinski definition) is 5. The SMILES string of the molecule is Cl.OCCN(CC(O)C1CCc2cc(F)ccc2O1)C1CCc2cc(F)ccc2O1. The largest absolute Gasteiger partial charge is 0.487 e. The predicted octanol–water partition coefficient (Wildman–Crippen LogP) is 3.09. The lowest BCUT2D eigenvalue weighted by Gasteiger charge is -2.38. The Kier molecular flexibility index (Phi) is 7.52. The fourth-order valence-electron chi connectivity index (χ4n) is 4.09. The van der Waals surface area contributed by atoms with E-state index >= 15 is 0 Å². The maximum Gasteiger partial charge on any atom is 0.153 e. The molecule has 4 rings (SSSR count). The lowest BCUT2D eigenvalue weighted by Crippen LogP contribution is -2.50. The molecule has 0 amide bonds. The summed E-state index contributed by atoms with van der Waals surface area (Å²) in [5.74, 6) is 0.642. The summed E-state index contributed by atoms with van der Waals surface area (Å²) >= 11 is 0. The van der Waals surface area contributed by atoms with Crippen LogP contribution >= 0.6 is 12.4 Å². The van der Waals surface area contributed by atoms with Crippen LogP contribution in [-0.4, -0.2) is 53.2 Å². The van der Waals surface area contributed by atoms with Gasteiger partial charge < -0.3 is 19.7 Å². The van der Waals surface area contributed by atoms with E-state index in [2.05, 4.69) is 0 Å². The van der Waals surface area contributed by atoms with E-state index in [0.717, 1.165) is 11.1 Å². The molecule has 0 saturated heterocycles. The molecule has 0 radical (unpaired) electrons. The lowest BCUT2D eigenvalue weighted by molar-refractivity contribution is -0.0534. The van der Waals surface area contributed by atoms with Gasteiger partial charge in [0.15, 0.2) is 6.23 Å². The minimum Gasteiger partial charge on any atom is -0.487 e. The Labute approximate surface area is 180 Å². The van der Waals surface area contributed by atoms with Crippen LogP contribution in [0.1, 0.15) is 24.0 Å². The van der Waals surface area contributed by atoms with E-state index < -0.39 is 12.2 Å². The fraction of sp³-hybridized carbons (Fsp3) is 0.455. The second-order valence-corrected chi connectivity index (χ2v) is 7.60. The molecule has 5 nitrogen and oxygen atoms in total. The zero-order chi connectivity index (χ0) is 20.4. The first kappa shape index (κ1) is 22.7. The van der Waals surface area contributed by atoms with Crippen molar-refractivity contribution >= 4 is 12.4 Å². The third-order valence-electron chi connectivity index (χ3n) is 5.59. The molecule has 3 unspecified atom stereocenters. The number of aliphatic hydroxyl groups excluding tert-OH is 2. The molecular weight excluding hydrogens is 416 g/mol. The van der Waals surface area contributed by atoms with E-state index in [1.54, 1.807) is 12.1 Å². The average molecular weight is 442 g/mol. The molecule has 0 fully saturated rings. The number of ether oxygens (including phenoxy) is 2. The Balaban J connectivity index is 0.00000256. The van der Waals surface area contributed by atoms with E-state index in [4.69, 9.17) is 9.47 Å². The number of rotatable bonds is 6. The third-order valence-corrected chi connectivity index (χ3v) is 5.59. The Bertz CT molecular complexity index is 869. The highest BCUT2D eigenvalue weighted by atomic mass is 35.5. The molecule has 2 aliphatic rings. The molecule has 0 saturated carbocycles. The highest BCUT2D eigenvalue weighted by Gasteiger charge is 2.32. The smallest absolute Gasteiger partial charge is 0.153 e. The molecule has 8 heteroatoms. The topological polar surface area (TPSA) is 62.2 Å². The monoisotopic (exact) mass is 441 g/mol. The molecule has 0 spiro atoms. The van der Waals surface area contributed by atoms with Gasteiger partial charge in [-0.3, -0.25) is 4.90 Å². The average Bonchev–Trinajstić information content (AvgIpc) is 2.72. The summed E-state index contributed by atoms with van der Waals surface area (Å²) < 4.78 is 38.7. The van der Waals surface area contributed by atoms with Crippen molar-refractivity contribution in [1.82, 2.24) is 4.90 Å². The minimum atomic E-state index is -0.794.